The predicted octanol–water partition coefficient (Wildman–Crippen LogP) is 4.10. The number of likely N-dealkylation sites (tertiary alicyclic amines) is 1. The Morgan fingerprint density at radius 1 is 1.31 bits per heavy atom. The number of thiazole rings is 1. The van der Waals surface area contributed by atoms with Crippen molar-refractivity contribution >= 4 is 33.8 Å². The lowest BCUT2D eigenvalue weighted by Gasteiger charge is -2.31. The minimum absolute atomic E-state index is 0. The van der Waals surface area contributed by atoms with Crippen LogP contribution in [-0.2, 0) is 16.6 Å². The van der Waals surface area contributed by atoms with Gasteiger partial charge in [-0.2, -0.15) is 17.9 Å². The molecule has 2 atom stereocenters. The molecule has 1 aliphatic rings. The maximum absolute atomic E-state index is 13.2. The lowest BCUT2D eigenvalue weighted by Crippen LogP contribution is -2.37. The Labute approximate surface area is 178 Å². The average molecular weight is 470 g/mol. The van der Waals surface area contributed by atoms with Crippen molar-refractivity contribution in [3.05, 3.63) is 52.0 Å². The molecule has 162 valence electrons. The number of nitrogens with one attached hydrogen (secondary N) is 1. The standard InChI is InChI=1S/C18H22F3N3O2S2.ClH/c1-28(25,26)23-16(18(19,20)21)14-6-4-13(5-7-14)11-24-9-2-3-15(12-24)17-22-8-10-27-17;/h4-8,10,15-16,23H,2-3,9,11-12H2,1H3;1H/t15?,16-;/m0./s1. The fraction of sp³-hybridized carbons (Fsp3) is 0.500. The highest BCUT2D eigenvalue weighted by Gasteiger charge is 2.42. The van der Waals surface area contributed by atoms with Crippen LogP contribution in [0.5, 0.6) is 0 Å². The molecule has 1 aromatic heterocycles. The molecular weight excluding hydrogens is 447 g/mol. The summed E-state index contributed by atoms with van der Waals surface area (Å²) in [5.41, 5.74) is 0.768. The number of hydrogen-bond acceptors (Lipinski definition) is 5. The van der Waals surface area contributed by atoms with Crippen molar-refractivity contribution in [1.29, 1.82) is 0 Å². The van der Waals surface area contributed by atoms with Crippen molar-refractivity contribution < 1.29 is 21.6 Å². The lowest BCUT2D eigenvalue weighted by molar-refractivity contribution is -0.153. The van der Waals surface area contributed by atoms with Crippen LogP contribution in [0.15, 0.2) is 35.8 Å². The maximum Gasteiger partial charge on any atom is 0.408 e. The van der Waals surface area contributed by atoms with E-state index in [1.165, 1.54) is 12.1 Å². The maximum atomic E-state index is 13.2. The molecule has 29 heavy (non-hydrogen) atoms. The van der Waals surface area contributed by atoms with Crippen molar-refractivity contribution in [2.75, 3.05) is 19.3 Å². The summed E-state index contributed by atoms with van der Waals surface area (Å²) in [6.07, 6.45) is -0.0445. The zero-order chi connectivity index (χ0) is 20.4. The van der Waals surface area contributed by atoms with Crippen molar-refractivity contribution in [2.45, 2.75) is 37.5 Å². The van der Waals surface area contributed by atoms with E-state index in [1.807, 2.05) is 5.38 Å². The monoisotopic (exact) mass is 469 g/mol. The quantitative estimate of drug-likeness (QED) is 0.692. The van der Waals surface area contributed by atoms with Crippen molar-refractivity contribution in [1.82, 2.24) is 14.6 Å². The summed E-state index contributed by atoms with van der Waals surface area (Å²) in [7, 11) is -4.00. The lowest BCUT2D eigenvalue weighted by atomic mass is 9.98. The number of rotatable bonds is 6. The number of hydrogen-bond donors (Lipinski definition) is 1. The van der Waals surface area contributed by atoms with Crippen LogP contribution >= 0.6 is 23.7 Å². The minimum atomic E-state index is -4.71. The van der Waals surface area contributed by atoms with Gasteiger partial charge in [0.05, 0.1) is 11.3 Å². The van der Waals surface area contributed by atoms with E-state index in [9.17, 15) is 21.6 Å². The summed E-state index contributed by atoms with van der Waals surface area (Å²) < 4.78 is 64.0. The third kappa shape index (κ3) is 6.92. The second-order valence-electron chi connectivity index (χ2n) is 7.05. The van der Waals surface area contributed by atoms with Gasteiger partial charge in [-0.25, -0.2) is 13.4 Å². The topological polar surface area (TPSA) is 62.3 Å². The third-order valence-electron chi connectivity index (χ3n) is 4.68. The van der Waals surface area contributed by atoms with Gasteiger partial charge in [-0.1, -0.05) is 24.3 Å². The Morgan fingerprint density at radius 3 is 2.55 bits per heavy atom. The summed E-state index contributed by atoms with van der Waals surface area (Å²) >= 11 is 1.65. The van der Waals surface area contributed by atoms with E-state index in [0.29, 0.717) is 12.5 Å². The Bertz CT molecular complexity index is 875. The first-order valence-electron chi connectivity index (χ1n) is 8.86. The number of benzene rings is 1. The van der Waals surface area contributed by atoms with E-state index in [0.717, 1.165) is 42.8 Å². The van der Waals surface area contributed by atoms with Gasteiger partial charge < -0.3 is 0 Å². The van der Waals surface area contributed by atoms with Gasteiger partial charge in [-0.05, 0) is 30.5 Å². The van der Waals surface area contributed by atoms with Gasteiger partial charge in [0, 0.05) is 30.6 Å². The Hall–Kier alpha value is -1.20. The summed E-state index contributed by atoms with van der Waals surface area (Å²) in [6.45, 7) is 2.44. The SMILES string of the molecule is CS(=O)(=O)N[C@@H](c1ccc(CN2CCCC(c3nccs3)C2)cc1)C(F)(F)F.Cl. The van der Waals surface area contributed by atoms with Crippen LogP contribution in [0.3, 0.4) is 0 Å². The molecule has 0 aliphatic carbocycles. The molecule has 1 fully saturated rings. The van der Waals surface area contributed by atoms with Gasteiger partial charge in [0.25, 0.3) is 0 Å². The molecule has 11 heteroatoms. The molecule has 1 N–H and O–H groups in total. The number of piperidine rings is 1. The number of nitrogens with zero attached hydrogens (tertiary/aromatic N) is 2. The van der Waals surface area contributed by atoms with Crippen LogP contribution in [0.2, 0.25) is 0 Å². The zero-order valence-corrected chi connectivity index (χ0v) is 18.2. The van der Waals surface area contributed by atoms with E-state index in [2.05, 4.69) is 9.88 Å². The molecule has 1 unspecified atom stereocenters. The zero-order valence-electron chi connectivity index (χ0n) is 15.7. The van der Waals surface area contributed by atoms with Gasteiger partial charge in [0.15, 0.2) is 0 Å². The molecule has 5 nitrogen and oxygen atoms in total. The van der Waals surface area contributed by atoms with Gasteiger partial charge in [0.2, 0.25) is 10.0 Å². The molecule has 2 heterocycles. The first kappa shape index (κ1) is 24.1. The highest BCUT2D eigenvalue weighted by molar-refractivity contribution is 7.88. The Kier molecular flexibility index (Phi) is 8.08. The predicted molar refractivity (Wildman–Crippen MR) is 110 cm³/mol. The van der Waals surface area contributed by atoms with Crippen LogP contribution in [0, 0.1) is 0 Å². The summed E-state index contributed by atoms with van der Waals surface area (Å²) in [5.74, 6) is 0.390. The fourth-order valence-electron chi connectivity index (χ4n) is 3.45. The van der Waals surface area contributed by atoms with Crippen molar-refractivity contribution in [3.8, 4) is 0 Å². The van der Waals surface area contributed by atoms with Crippen LogP contribution < -0.4 is 4.72 Å². The molecule has 0 saturated carbocycles. The van der Waals surface area contributed by atoms with E-state index < -0.39 is 22.2 Å². The molecular formula is C18H23ClF3N3O2S2. The number of alkyl halides is 3. The molecule has 2 aromatic rings. The second-order valence-corrected chi connectivity index (χ2v) is 9.76. The number of aromatic nitrogens is 1. The first-order valence-corrected chi connectivity index (χ1v) is 11.6. The molecule has 1 aromatic carbocycles. The molecule has 0 amide bonds. The highest BCUT2D eigenvalue weighted by Crippen LogP contribution is 2.34. The van der Waals surface area contributed by atoms with Gasteiger partial charge in [-0.3, -0.25) is 4.90 Å². The summed E-state index contributed by atoms with van der Waals surface area (Å²) in [5, 5.41) is 3.09. The van der Waals surface area contributed by atoms with E-state index in [4.69, 9.17) is 0 Å². The van der Waals surface area contributed by atoms with Crippen molar-refractivity contribution in [2.24, 2.45) is 0 Å². The molecule has 1 saturated heterocycles. The normalized spacial score (nSPS) is 19.5. The van der Waals surface area contributed by atoms with E-state index in [1.54, 1.807) is 34.4 Å². The number of sulfonamides is 1. The summed E-state index contributed by atoms with van der Waals surface area (Å²) in [6, 6.07) is 3.69. The highest BCUT2D eigenvalue weighted by atomic mass is 35.5. The fourth-order valence-corrected chi connectivity index (χ4v) is 4.91. The molecule has 1 aliphatic heterocycles. The third-order valence-corrected chi connectivity index (χ3v) is 6.29. The largest absolute Gasteiger partial charge is 0.408 e. The van der Waals surface area contributed by atoms with Gasteiger partial charge in [0.1, 0.15) is 6.04 Å². The van der Waals surface area contributed by atoms with Crippen molar-refractivity contribution in [3.63, 3.8) is 0 Å². The van der Waals surface area contributed by atoms with E-state index >= 15 is 0 Å². The average Bonchev–Trinajstić information content (AvgIpc) is 3.14. The molecule has 0 spiro atoms. The Morgan fingerprint density at radius 2 is 2.00 bits per heavy atom. The van der Waals surface area contributed by atoms with Crippen LogP contribution in [-0.4, -0.2) is 43.8 Å². The summed E-state index contributed by atoms with van der Waals surface area (Å²) in [4.78, 5) is 6.67. The van der Waals surface area contributed by atoms with Gasteiger partial charge in [-0.15, -0.1) is 23.7 Å². The Balaban J connectivity index is 0.00000300. The van der Waals surface area contributed by atoms with Crippen LogP contribution in [0.1, 0.15) is 40.9 Å². The van der Waals surface area contributed by atoms with E-state index in [-0.39, 0.29) is 18.0 Å². The van der Waals surface area contributed by atoms with Crippen LogP contribution in [0.4, 0.5) is 13.2 Å². The smallest absolute Gasteiger partial charge is 0.298 e. The molecule has 0 bridgehead atoms. The molecule has 0 radical (unpaired) electrons. The minimum Gasteiger partial charge on any atom is -0.298 e. The second kappa shape index (κ2) is 9.74. The van der Waals surface area contributed by atoms with Gasteiger partial charge >= 0.3 is 6.18 Å². The first-order chi connectivity index (χ1) is 13.1. The number of halogens is 4. The van der Waals surface area contributed by atoms with Crippen LogP contribution in [0.25, 0.3) is 0 Å². The molecule has 3 rings (SSSR count).